The molecule has 0 saturated heterocycles. The maximum Gasteiger partial charge on any atom is 0.277 e. The van der Waals surface area contributed by atoms with Crippen molar-refractivity contribution >= 4 is 17.1 Å². The van der Waals surface area contributed by atoms with Crippen molar-refractivity contribution in [3.63, 3.8) is 0 Å². The first kappa shape index (κ1) is 24.0. The van der Waals surface area contributed by atoms with Gasteiger partial charge in [0.1, 0.15) is 0 Å². The van der Waals surface area contributed by atoms with Gasteiger partial charge in [-0.15, -0.1) is 0 Å². The van der Waals surface area contributed by atoms with E-state index in [0.717, 1.165) is 47.4 Å². The second kappa shape index (κ2) is 11.8. The van der Waals surface area contributed by atoms with Crippen LogP contribution in [-0.2, 0) is 0 Å². The van der Waals surface area contributed by atoms with Crippen LogP contribution in [0.4, 0.5) is 11.4 Å². The van der Waals surface area contributed by atoms with Crippen LogP contribution in [0.15, 0.2) is 82.9 Å². The SMILES string of the molecule is C/C=C\C=C/C(C(CCCC)=Nc1ccc(-c2ccccc2[N+](=O)[O-])cc1C)=C(C)C. The van der Waals surface area contributed by atoms with Crippen molar-refractivity contribution in [1.29, 1.82) is 0 Å². The Hall–Kier alpha value is -3.27. The molecule has 0 spiro atoms. The molecule has 0 radical (unpaired) electrons. The predicted octanol–water partition coefficient (Wildman–Crippen LogP) is 8.30. The molecule has 0 aromatic heterocycles. The fourth-order valence-electron chi connectivity index (χ4n) is 3.38. The maximum absolute atomic E-state index is 11.4. The first-order valence-corrected chi connectivity index (χ1v) is 10.8. The largest absolute Gasteiger partial charge is 0.277 e. The van der Waals surface area contributed by atoms with Crippen molar-refractivity contribution in [2.75, 3.05) is 0 Å². The second-order valence-corrected chi connectivity index (χ2v) is 7.74. The fourth-order valence-corrected chi connectivity index (χ4v) is 3.38. The Morgan fingerprint density at radius 1 is 1.13 bits per heavy atom. The second-order valence-electron chi connectivity index (χ2n) is 7.74. The van der Waals surface area contributed by atoms with Crippen molar-refractivity contribution in [1.82, 2.24) is 0 Å². The maximum atomic E-state index is 11.4. The number of para-hydroxylation sites is 1. The van der Waals surface area contributed by atoms with Crippen molar-refractivity contribution in [2.45, 2.75) is 53.9 Å². The van der Waals surface area contributed by atoms with Gasteiger partial charge in [0, 0.05) is 11.8 Å². The highest BCUT2D eigenvalue weighted by atomic mass is 16.6. The molecule has 0 unspecified atom stereocenters. The summed E-state index contributed by atoms with van der Waals surface area (Å²) in [4.78, 5) is 16.1. The van der Waals surface area contributed by atoms with E-state index in [1.165, 1.54) is 11.6 Å². The zero-order valence-electron chi connectivity index (χ0n) is 19.2. The quantitative estimate of drug-likeness (QED) is 0.179. The van der Waals surface area contributed by atoms with Gasteiger partial charge in [0.05, 0.1) is 16.2 Å². The summed E-state index contributed by atoms with van der Waals surface area (Å²) in [6.45, 7) is 10.4. The molecule has 0 heterocycles. The third-order valence-corrected chi connectivity index (χ3v) is 5.05. The molecule has 31 heavy (non-hydrogen) atoms. The van der Waals surface area contributed by atoms with E-state index in [-0.39, 0.29) is 10.6 Å². The van der Waals surface area contributed by atoms with Crippen LogP contribution in [0, 0.1) is 17.0 Å². The van der Waals surface area contributed by atoms with Gasteiger partial charge in [-0.2, -0.15) is 0 Å². The van der Waals surface area contributed by atoms with Crippen LogP contribution in [0.2, 0.25) is 0 Å². The summed E-state index contributed by atoms with van der Waals surface area (Å²) in [6.07, 6.45) is 11.3. The number of aliphatic imine (C=N–C) groups is 1. The lowest BCUT2D eigenvalue weighted by Gasteiger charge is -2.12. The topological polar surface area (TPSA) is 55.5 Å². The Balaban J connectivity index is 2.52. The Bertz CT molecular complexity index is 1040. The van der Waals surface area contributed by atoms with Crippen LogP contribution in [0.5, 0.6) is 0 Å². The summed E-state index contributed by atoms with van der Waals surface area (Å²) < 4.78 is 0. The summed E-state index contributed by atoms with van der Waals surface area (Å²) in [7, 11) is 0. The molecule has 4 heteroatoms. The molecule has 162 valence electrons. The van der Waals surface area contributed by atoms with Crippen molar-refractivity contribution in [3.8, 4) is 11.1 Å². The lowest BCUT2D eigenvalue weighted by atomic mass is 9.98. The molecular weight excluding hydrogens is 384 g/mol. The van der Waals surface area contributed by atoms with Crippen LogP contribution < -0.4 is 0 Å². The van der Waals surface area contributed by atoms with Gasteiger partial charge in [0.25, 0.3) is 5.69 Å². The lowest BCUT2D eigenvalue weighted by Crippen LogP contribution is -2.03. The molecular formula is C27H32N2O2. The highest BCUT2D eigenvalue weighted by molar-refractivity contribution is 6.04. The average Bonchev–Trinajstić information content (AvgIpc) is 2.75. The first-order chi connectivity index (χ1) is 14.9. The Kier molecular flexibility index (Phi) is 9.13. The van der Waals surface area contributed by atoms with Crippen LogP contribution in [0.3, 0.4) is 0 Å². The number of nitrogens with zero attached hydrogens (tertiary/aromatic N) is 2. The van der Waals surface area contributed by atoms with Crippen LogP contribution in [-0.4, -0.2) is 10.6 Å². The summed E-state index contributed by atoms with van der Waals surface area (Å²) in [5.74, 6) is 0. The van der Waals surface area contributed by atoms with E-state index < -0.39 is 0 Å². The van der Waals surface area contributed by atoms with Gasteiger partial charge >= 0.3 is 0 Å². The van der Waals surface area contributed by atoms with E-state index in [1.807, 2.05) is 56.3 Å². The standard InChI is InChI=1S/C27H32N2O2/c1-6-8-10-13-23(20(3)4)26(15-9-7-2)28-25-18-17-22(19-21(25)5)24-14-11-12-16-27(24)29(30)31/h6,8,10-14,16-19H,7,9,15H2,1-5H3/b8-6-,13-10-,28-26?. The van der Waals surface area contributed by atoms with Gasteiger partial charge in [-0.3, -0.25) is 15.1 Å². The monoisotopic (exact) mass is 416 g/mol. The van der Waals surface area contributed by atoms with E-state index in [4.69, 9.17) is 4.99 Å². The smallest absolute Gasteiger partial charge is 0.258 e. The Labute approximate surface area is 185 Å². The van der Waals surface area contributed by atoms with Gasteiger partial charge in [-0.1, -0.05) is 61.4 Å². The van der Waals surface area contributed by atoms with Gasteiger partial charge in [0.15, 0.2) is 0 Å². The third-order valence-electron chi connectivity index (χ3n) is 5.05. The number of allylic oxidation sites excluding steroid dienone is 6. The summed E-state index contributed by atoms with van der Waals surface area (Å²) >= 11 is 0. The van der Waals surface area contributed by atoms with Gasteiger partial charge < -0.3 is 0 Å². The molecule has 0 bridgehead atoms. The number of nitro groups is 1. The zero-order chi connectivity index (χ0) is 22.8. The molecule has 0 fully saturated rings. The number of rotatable bonds is 9. The number of aryl methyl sites for hydroxylation is 1. The number of unbranched alkanes of at least 4 members (excludes halogenated alkanes) is 1. The van der Waals surface area contributed by atoms with Crippen molar-refractivity contribution < 1.29 is 4.92 Å². The molecule has 4 nitrogen and oxygen atoms in total. The number of nitro benzene ring substituents is 1. The molecule has 0 aliphatic carbocycles. The molecule has 2 rings (SSSR count). The lowest BCUT2D eigenvalue weighted by molar-refractivity contribution is -0.384. The molecule has 0 aliphatic heterocycles. The van der Waals surface area contributed by atoms with E-state index in [2.05, 4.69) is 26.8 Å². The van der Waals surface area contributed by atoms with E-state index in [9.17, 15) is 10.1 Å². The van der Waals surface area contributed by atoms with Gasteiger partial charge in [-0.05, 0) is 75.4 Å². The minimum atomic E-state index is -0.336. The highest BCUT2D eigenvalue weighted by Gasteiger charge is 2.15. The highest BCUT2D eigenvalue weighted by Crippen LogP contribution is 2.33. The van der Waals surface area contributed by atoms with E-state index in [1.54, 1.807) is 12.1 Å². The normalized spacial score (nSPS) is 12.0. The van der Waals surface area contributed by atoms with Crippen LogP contribution >= 0.6 is 0 Å². The minimum Gasteiger partial charge on any atom is -0.258 e. The van der Waals surface area contributed by atoms with Crippen LogP contribution in [0.1, 0.15) is 52.5 Å². The Morgan fingerprint density at radius 2 is 1.87 bits per heavy atom. The van der Waals surface area contributed by atoms with Crippen LogP contribution in [0.25, 0.3) is 11.1 Å². The molecule has 0 atom stereocenters. The molecule has 0 saturated carbocycles. The summed E-state index contributed by atoms with van der Waals surface area (Å²) in [5.41, 5.74) is 6.91. The number of hydrogen-bond acceptors (Lipinski definition) is 3. The van der Waals surface area contributed by atoms with Crippen molar-refractivity contribution in [2.24, 2.45) is 4.99 Å². The number of benzene rings is 2. The zero-order valence-corrected chi connectivity index (χ0v) is 19.2. The molecule has 2 aromatic carbocycles. The fraction of sp³-hybridized carbons (Fsp3) is 0.296. The van der Waals surface area contributed by atoms with E-state index >= 15 is 0 Å². The third kappa shape index (κ3) is 6.61. The number of hydrogen-bond donors (Lipinski definition) is 0. The molecule has 0 amide bonds. The first-order valence-electron chi connectivity index (χ1n) is 10.8. The van der Waals surface area contributed by atoms with E-state index in [0.29, 0.717) is 5.56 Å². The average molecular weight is 417 g/mol. The summed E-state index contributed by atoms with van der Waals surface area (Å²) in [5, 5.41) is 11.4. The van der Waals surface area contributed by atoms with Gasteiger partial charge in [-0.25, -0.2) is 0 Å². The van der Waals surface area contributed by atoms with Crippen molar-refractivity contribution in [3.05, 3.63) is 93.6 Å². The minimum absolute atomic E-state index is 0.114. The predicted molar refractivity (Wildman–Crippen MR) is 132 cm³/mol. The molecule has 2 aromatic rings. The molecule has 0 aliphatic rings. The van der Waals surface area contributed by atoms with Gasteiger partial charge in [0.2, 0.25) is 0 Å². The molecule has 0 N–H and O–H groups in total. The summed E-state index contributed by atoms with van der Waals surface area (Å²) in [6, 6.07) is 12.7. The Morgan fingerprint density at radius 3 is 2.48 bits per heavy atom.